The second-order valence-electron chi connectivity index (χ2n) is 4.60. The lowest BCUT2D eigenvalue weighted by atomic mass is 9.85. The van der Waals surface area contributed by atoms with Gasteiger partial charge in [0.25, 0.3) is 0 Å². The van der Waals surface area contributed by atoms with E-state index in [0.29, 0.717) is 17.4 Å². The molecule has 0 bridgehead atoms. The molecule has 14 heavy (non-hydrogen) atoms. The fourth-order valence-corrected chi connectivity index (χ4v) is 2.14. The van der Waals surface area contributed by atoms with Gasteiger partial charge in [-0.2, -0.15) is 0 Å². The highest BCUT2D eigenvalue weighted by Crippen LogP contribution is 2.29. The molecule has 1 unspecified atom stereocenters. The average molecular weight is 265 g/mol. The van der Waals surface area contributed by atoms with Crippen molar-refractivity contribution < 1.29 is 4.74 Å². The van der Waals surface area contributed by atoms with E-state index in [1.54, 1.807) is 0 Å². The van der Waals surface area contributed by atoms with Gasteiger partial charge in [-0.1, -0.05) is 43.6 Å². The summed E-state index contributed by atoms with van der Waals surface area (Å²) in [4.78, 5) is 0. The minimum Gasteiger partial charge on any atom is -0.378 e. The molecule has 0 aromatic rings. The minimum absolute atomic E-state index is 0.336. The van der Waals surface area contributed by atoms with E-state index < -0.39 is 0 Å². The van der Waals surface area contributed by atoms with E-state index in [2.05, 4.69) is 50.5 Å². The predicted octanol–water partition coefficient (Wildman–Crippen LogP) is 4.25. The van der Waals surface area contributed by atoms with E-state index in [1.807, 2.05) is 0 Å². The molecule has 0 heterocycles. The Morgan fingerprint density at radius 3 is 1.93 bits per heavy atom. The zero-order chi connectivity index (χ0) is 11.2. The summed E-state index contributed by atoms with van der Waals surface area (Å²) in [6.07, 6.45) is 2.73. The lowest BCUT2D eigenvalue weighted by molar-refractivity contribution is -0.0162. The van der Waals surface area contributed by atoms with Crippen molar-refractivity contribution in [1.82, 2.24) is 0 Å². The van der Waals surface area contributed by atoms with Gasteiger partial charge < -0.3 is 4.74 Å². The molecule has 0 fully saturated rings. The summed E-state index contributed by atoms with van der Waals surface area (Å²) in [5, 5.41) is 1.04. The first-order valence-electron chi connectivity index (χ1n) is 5.69. The molecule has 1 atom stereocenters. The Bertz CT molecular complexity index is 133. The minimum atomic E-state index is 0.336. The lowest BCUT2D eigenvalue weighted by Gasteiger charge is -2.31. The highest BCUT2D eigenvalue weighted by molar-refractivity contribution is 9.09. The molecule has 0 aliphatic heterocycles. The number of halogens is 1. The highest BCUT2D eigenvalue weighted by atomic mass is 79.9. The lowest BCUT2D eigenvalue weighted by Crippen LogP contribution is -2.30. The van der Waals surface area contributed by atoms with E-state index >= 15 is 0 Å². The fraction of sp³-hybridized carbons (Fsp3) is 1.00. The van der Waals surface area contributed by atoms with E-state index in [-0.39, 0.29) is 0 Å². The van der Waals surface area contributed by atoms with E-state index in [0.717, 1.165) is 11.9 Å². The van der Waals surface area contributed by atoms with Gasteiger partial charge in [0.2, 0.25) is 0 Å². The van der Waals surface area contributed by atoms with Crippen LogP contribution in [0.1, 0.15) is 47.5 Å². The largest absolute Gasteiger partial charge is 0.378 e. The van der Waals surface area contributed by atoms with Crippen LogP contribution in [0.15, 0.2) is 0 Å². The zero-order valence-corrected chi connectivity index (χ0v) is 11.9. The molecule has 86 valence electrons. The molecule has 1 nitrogen and oxygen atoms in total. The second kappa shape index (κ2) is 6.84. The summed E-state index contributed by atoms with van der Waals surface area (Å²) in [6.45, 7) is 11.9. The maximum atomic E-state index is 5.91. The van der Waals surface area contributed by atoms with Crippen LogP contribution in [0.5, 0.6) is 0 Å². The number of rotatable bonds is 7. The molecule has 0 saturated heterocycles. The molecule has 0 aliphatic carbocycles. The molecule has 0 aromatic heterocycles. The van der Waals surface area contributed by atoms with Crippen molar-refractivity contribution in [2.24, 2.45) is 11.3 Å². The van der Waals surface area contributed by atoms with Crippen LogP contribution in [0, 0.1) is 11.3 Å². The Hall–Kier alpha value is 0.440. The number of alkyl halides is 1. The number of hydrogen-bond acceptors (Lipinski definition) is 1. The van der Waals surface area contributed by atoms with Crippen molar-refractivity contribution in [3.05, 3.63) is 0 Å². The maximum Gasteiger partial charge on any atom is 0.0570 e. The van der Waals surface area contributed by atoms with Gasteiger partial charge >= 0.3 is 0 Å². The second-order valence-corrected chi connectivity index (χ2v) is 5.16. The molecule has 0 amide bonds. The van der Waals surface area contributed by atoms with Crippen LogP contribution in [0.3, 0.4) is 0 Å². The van der Waals surface area contributed by atoms with Crippen LogP contribution in [0.2, 0.25) is 0 Å². The Morgan fingerprint density at radius 1 is 1.14 bits per heavy atom. The van der Waals surface area contributed by atoms with Crippen molar-refractivity contribution in [2.45, 2.75) is 53.6 Å². The third-order valence-corrected chi connectivity index (χ3v) is 4.56. The summed E-state index contributed by atoms with van der Waals surface area (Å²) in [5.74, 6) is 0.608. The van der Waals surface area contributed by atoms with Crippen molar-refractivity contribution >= 4 is 15.9 Å². The summed E-state index contributed by atoms with van der Waals surface area (Å²) in [7, 11) is 0. The predicted molar refractivity (Wildman–Crippen MR) is 67.1 cm³/mol. The highest BCUT2D eigenvalue weighted by Gasteiger charge is 2.26. The SMILES string of the molecule is CCC(CC)(CBr)COC(C)C(C)C. The normalized spacial score (nSPS) is 14.8. The van der Waals surface area contributed by atoms with Gasteiger partial charge in [-0.05, 0) is 25.7 Å². The monoisotopic (exact) mass is 264 g/mol. The average Bonchev–Trinajstić information content (AvgIpc) is 2.20. The summed E-state index contributed by atoms with van der Waals surface area (Å²) < 4.78 is 5.91. The van der Waals surface area contributed by atoms with Crippen LogP contribution in [0.4, 0.5) is 0 Å². The Morgan fingerprint density at radius 2 is 1.64 bits per heavy atom. The van der Waals surface area contributed by atoms with Crippen LogP contribution in [0.25, 0.3) is 0 Å². The first-order chi connectivity index (χ1) is 6.51. The topological polar surface area (TPSA) is 9.23 Å². The van der Waals surface area contributed by atoms with Crippen molar-refractivity contribution in [3.8, 4) is 0 Å². The molecular weight excluding hydrogens is 240 g/mol. The molecule has 0 saturated carbocycles. The van der Waals surface area contributed by atoms with Crippen LogP contribution in [-0.4, -0.2) is 18.0 Å². The van der Waals surface area contributed by atoms with E-state index in [9.17, 15) is 0 Å². The molecule has 0 N–H and O–H groups in total. The Balaban J connectivity index is 4.05. The van der Waals surface area contributed by atoms with Crippen molar-refractivity contribution in [1.29, 1.82) is 0 Å². The van der Waals surface area contributed by atoms with Crippen LogP contribution < -0.4 is 0 Å². The first kappa shape index (κ1) is 14.4. The molecular formula is C12H25BrO. The van der Waals surface area contributed by atoms with Gasteiger partial charge in [-0.15, -0.1) is 0 Å². The summed E-state index contributed by atoms with van der Waals surface area (Å²) >= 11 is 3.60. The van der Waals surface area contributed by atoms with Gasteiger partial charge in [0.05, 0.1) is 12.7 Å². The molecule has 0 spiro atoms. The maximum absolute atomic E-state index is 5.91. The summed E-state index contributed by atoms with van der Waals surface area (Å²) in [6, 6.07) is 0. The Kier molecular flexibility index (Phi) is 7.05. The molecule has 0 aliphatic rings. The quantitative estimate of drug-likeness (QED) is 0.625. The molecule has 0 rings (SSSR count). The van der Waals surface area contributed by atoms with Gasteiger partial charge in [0, 0.05) is 10.7 Å². The Labute approximate surface area is 97.7 Å². The smallest absolute Gasteiger partial charge is 0.0570 e. The molecule has 2 heteroatoms. The van der Waals surface area contributed by atoms with Gasteiger partial charge in [0.1, 0.15) is 0 Å². The fourth-order valence-electron chi connectivity index (χ4n) is 1.18. The van der Waals surface area contributed by atoms with Gasteiger partial charge in [0.15, 0.2) is 0 Å². The molecule has 0 aromatic carbocycles. The zero-order valence-electron chi connectivity index (χ0n) is 10.3. The third-order valence-electron chi connectivity index (χ3n) is 3.37. The molecule has 0 radical (unpaired) electrons. The van der Waals surface area contributed by atoms with Gasteiger partial charge in [-0.25, -0.2) is 0 Å². The van der Waals surface area contributed by atoms with E-state index in [4.69, 9.17) is 4.74 Å². The van der Waals surface area contributed by atoms with Crippen molar-refractivity contribution in [2.75, 3.05) is 11.9 Å². The van der Waals surface area contributed by atoms with E-state index in [1.165, 1.54) is 12.8 Å². The van der Waals surface area contributed by atoms with Gasteiger partial charge in [-0.3, -0.25) is 0 Å². The standard InChI is InChI=1S/C12H25BrO/c1-6-12(7-2,8-13)9-14-11(5)10(3)4/h10-11H,6-9H2,1-5H3. The first-order valence-corrected chi connectivity index (χ1v) is 6.81. The van der Waals surface area contributed by atoms with Crippen LogP contribution in [-0.2, 0) is 4.74 Å². The number of ether oxygens (including phenoxy) is 1. The van der Waals surface area contributed by atoms with Crippen molar-refractivity contribution in [3.63, 3.8) is 0 Å². The summed E-state index contributed by atoms with van der Waals surface area (Å²) in [5.41, 5.74) is 0.336. The van der Waals surface area contributed by atoms with Crippen LogP contribution >= 0.6 is 15.9 Å². The third kappa shape index (κ3) is 4.31. The number of hydrogen-bond donors (Lipinski definition) is 0.